The van der Waals surface area contributed by atoms with E-state index in [2.05, 4.69) is 23.8 Å². The Bertz CT molecular complexity index is 708. The summed E-state index contributed by atoms with van der Waals surface area (Å²) in [7, 11) is 0. The Balaban J connectivity index is 1.88. The van der Waals surface area contributed by atoms with Gasteiger partial charge in [0.2, 0.25) is 0 Å². The van der Waals surface area contributed by atoms with Gasteiger partial charge in [0.1, 0.15) is 5.41 Å². The van der Waals surface area contributed by atoms with E-state index in [0.717, 1.165) is 23.7 Å². The van der Waals surface area contributed by atoms with Gasteiger partial charge in [0.05, 0.1) is 5.69 Å². The number of allylic oxidation sites excluding steroid dienone is 1. The van der Waals surface area contributed by atoms with Crippen molar-refractivity contribution in [2.24, 2.45) is 5.41 Å². The van der Waals surface area contributed by atoms with Crippen molar-refractivity contribution in [3.8, 4) is 0 Å². The topological polar surface area (TPSA) is 27.8 Å². The van der Waals surface area contributed by atoms with Gasteiger partial charge in [-0.15, -0.1) is 0 Å². The lowest BCUT2D eigenvalue weighted by Crippen LogP contribution is -2.29. The first-order valence-electron chi connectivity index (χ1n) is 7.50. The van der Waals surface area contributed by atoms with Gasteiger partial charge in [0.15, 0.2) is 0 Å². The van der Waals surface area contributed by atoms with Crippen LogP contribution in [-0.2, 0) is 6.42 Å². The number of alkyl halides is 3. The minimum Gasteiger partial charge on any atom is -0.359 e. The normalized spacial score (nSPS) is 16.7. The Morgan fingerprint density at radius 3 is 2.68 bits per heavy atom. The summed E-state index contributed by atoms with van der Waals surface area (Å²) in [4.78, 5) is 3.09. The highest BCUT2D eigenvalue weighted by atomic mass is 19.4. The van der Waals surface area contributed by atoms with Gasteiger partial charge < -0.3 is 10.3 Å². The molecule has 1 heterocycles. The van der Waals surface area contributed by atoms with E-state index in [1.807, 2.05) is 18.2 Å². The molecule has 1 fully saturated rings. The first kappa shape index (κ1) is 15.0. The van der Waals surface area contributed by atoms with Crippen LogP contribution < -0.4 is 5.32 Å². The summed E-state index contributed by atoms with van der Waals surface area (Å²) in [6.07, 6.45) is -0.317. The van der Waals surface area contributed by atoms with Gasteiger partial charge >= 0.3 is 6.18 Å². The summed E-state index contributed by atoms with van der Waals surface area (Å²) in [5.41, 5.74) is 1.04. The molecular weight excluding hydrogens is 289 g/mol. The summed E-state index contributed by atoms with van der Waals surface area (Å²) >= 11 is 0. The molecule has 0 unspecified atom stereocenters. The van der Waals surface area contributed by atoms with Crippen LogP contribution in [0.2, 0.25) is 0 Å². The predicted octanol–water partition coefficient (Wildman–Crippen LogP) is 5.39. The molecule has 0 aliphatic heterocycles. The molecule has 3 rings (SSSR count). The minimum absolute atomic E-state index is 0.0433. The van der Waals surface area contributed by atoms with Crippen LogP contribution in [-0.4, -0.2) is 11.2 Å². The number of anilines is 1. The van der Waals surface area contributed by atoms with Gasteiger partial charge in [-0.05, 0) is 37.0 Å². The van der Waals surface area contributed by atoms with Crippen molar-refractivity contribution >= 4 is 16.6 Å². The van der Waals surface area contributed by atoms with Crippen LogP contribution in [0.3, 0.4) is 0 Å². The highest BCUT2D eigenvalue weighted by Gasteiger charge is 2.65. The van der Waals surface area contributed by atoms with Crippen LogP contribution in [0.1, 0.15) is 31.7 Å². The Kier molecular flexibility index (Phi) is 3.46. The maximum atomic E-state index is 13.1. The molecule has 0 atom stereocenters. The predicted molar refractivity (Wildman–Crippen MR) is 82.8 cm³/mol. The standard InChI is InChI=1S/C17H19F3N2/c1-3-4-12-5-6-14-13(9-12)15(10-21-14)22-11(2)16(7-8-16)17(18,19)20/h5-6,9-10,21-22H,2-4,7-8H2,1H3. The molecule has 1 aromatic carbocycles. The molecule has 118 valence electrons. The molecular formula is C17H19F3N2. The molecule has 1 saturated carbocycles. The number of H-pyrrole nitrogens is 1. The van der Waals surface area contributed by atoms with Crippen LogP contribution in [0.25, 0.3) is 10.9 Å². The van der Waals surface area contributed by atoms with Gasteiger partial charge in [-0.3, -0.25) is 0 Å². The fourth-order valence-electron chi connectivity index (χ4n) is 2.88. The van der Waals surface area contributed by atoms with E-state index in [9.17, 15) is 13.2 Å². The lowest BCUT2D eigenvalue weighted by molar-refractivity contribution is -0.174. The van der Waals surface area contributed by atoms with Crippen LogP contribution >= 0.6 is 0 Å². The molecule has 2 aromatic rings. The van der Waals surface area contributed by atoms with E-state index >= 15 is 0 Å². The van der Waals surface area contributed by atoms with Crippen molar-refractivity contribution in [3.05, 3.63) is 42.2 Å². The summed E-state index contributed by atoms with van der Waals surface area (Å²) in [5, 5.41) is 3.81. The zero-order chi connectivity index (χ0) is 16.0. The largest absolute Gasteiger partial charge is 0.399 e. The number of hydrogen-bond acceptors (Lipinski definition) is 1. The third-order valence-electron chi connectivity index (χ3n) is 4.44. The Labute approximate surface area is 127 Å². The van der Waals surface area contributed by atoms with Crippen LogP contribution in [0.15, 0.2) is 36.7 Å². The van der Waals surface area contributed by atoms with Crippen LogP contribution in [0, 0.1) is 5.41 Å². The maximum absolute atomic E-state index is 13.1. The second kappa shape index (κ2) is 5.07. The summed E-state index contributed by atoms with van der Waals surface area (Å²) in [6.45, 7) is 5.75. The maximum Gasteiger partial charge on any atom is 0.399 e. The first-order chi connectivity index (χ1) is 10.4. The van der Waals surface area contributed by atoms with E-state index in [-0.39, 0.29) is 18.5 Å². The number of benzene rings is 1. The fourth-order valence-corrected chi connectivity index (χ4v) is 2.88. The van der Waals surface area contributed by atoms with E-state index in [4.69, 9.17) is 0 Å². The molecule has 5 heteroatoms. The molecule has 1 aliphatic rings. The van der Waals surface area contributed by atoms with E-state index in [0.29, 0.717) is 5.69 Å². The number of nitrogens with one attached hydrogen (secondary N) is 2. The Hall–Kier alpha value is -1.91. The van der Waals surface area contributed by atoms with Crippen molar-refractivity contribution in [3.63, 3.8) is 0 Å². The number of rotatable bonds is 5. The van der Waals surface area contributed by atoms with E-state index in [1.54, 1.807) is 6.20 Å². The minimum atomic E-state index is -4.24. The number of fused-ring (bicyclic) bond motifs is 1. The zero-order valence-electron chi connectivity index (χ0n) is 12.5. The molecule has 2 N–H and O–H groups in total. The molecule has 22 heavy (non-hydrogen) atoms. The Morgan fingerprint density at radius 1 is 1.36 bits per heavy atom. The van der Waals surface area contributed by atoms with Crippen molar-refractivity contribution < 1.29 is 13.2 Å². The van der Waals surface area contributed by atoms with Gasteiger partial charge in [0, 0.05) is 22.8 Å². The number of aryl methyl sites for hydroxylation is 1. The zero-order valence-corrected chi connectivity index (χ0v) is 12.5. The smallest absolute Gasteiger partial charge is 0.359 e. The van der Waals surface area contributed by atoms with Gasteiger partial charge in [-0.2, -0.15) is 13.2 Å². The molecule has 0 amide bonds. The first-order valence-corrected chi connectivity index (χ1v) is 7.50. The third kappa shape index (κ3) is 2.38. The second-order valence-corrected chi connectivity index (χ2v) is 6.02. The lowest BCUT2D eigenvalue weighted by Gasteiger charge is -2.22. The van der Waals surface area contributed by atoms with Crippen molar-refractivity contribution in [1.82, 2.24) is 4.98 Å². The molecule has 2 nitrogen and oxygen atoms in total. The Morgan fingerprint density at radius 2 is 2.09 bits per heavy atom. The lowest BCUT2D eigenvalue weighted by atomic mass is 10.0. The summed E-state index contributed by atoms with van der Waals surface area (Å²) in [5.74, 6) is 0. The quantitative estimate of drug-likeness (QED) is 0.761. The highest BCUT2D eigenvalue weighted by Crippen LogP contribution is 2.61. The number of aromatic amines is 1. The molecule has 1 aromatic heterocycles. The van der Waals surface area contributed by atoms with Crippen LogP contribution in [0.4, 0.5) is 18.9 Å². The van der Waals surface area contributed by atoms with Gasteiger partial charge in [-0.25, -0.2) is 0 Å². The highest BCUT2D eigenvalue weighted by molar-refractivity contribution is 5.93. The second-order valence-electron chi connectivity index (χ2n) is 6.02. The molecule has 1 aliphatic carbocycles. The number of halogens is 3. The van der Waals surface area contributed by atoms with Crippen molar-refractivity contribution in [1.29, 1.82) is 0 Å². The average Bonchev–Trinajstić information content (AvgIpc) is 3.19. The monoisotopic (exact) mass is 308 g/mol. The SMILES string of the molecule is C=C(Nc1c[nH]c2ccc(CCC)cc12)C1(C(F)(F)F)CC1. The molecule has 0 saturated heterocycles. The molecule has 0 spiro atoms. The van der Waals surface area contributed by atoms with Crippen molar-refractivity contribution in [2.45, 2.75) is 38.8 Å². The fraction of sp³-hybridized carbons (Fsp3) is 0.412. The summed E-state index contributed by atoms with van der Waals surface area (Å²) < 4.78 is 39.4. The average molecular weight is 308 g/mol. The van der Waals surface area contributed by atoms with Crippen molar-refractivity contribution in [2.75, 3.05) is 5.32 Å². The number of aromatic nitrogens is 1. The van der Waals surface area contributed by atoms with E-state index in [1.165, 1.54) is 5.56 Å². The van der Waals surface area contributed by atoms with E-state index < -0.39 is 11.6 Å². The molecule has 0 bridgehead atoms. The van der Waals surface area contributed by atoms with Gasteiger partial charge in [0.25, 0.3) is 0 Å². The summed E-state index contributed by atoms with van der Waals surface area (Å²) in [6, 6.07) is 6.03. The number of hydrogen-bond donors (Lipinski definition) is 2. The third-order valence-corrected chi connectivity index (χ3v) is 4.44. The van der Waals surface area contributed by atoms with Gasteiger partial charge in [-0.1, -0.05) is 26.0 Å². The molecule has 0 radical (unpaired) electrons. The van der Waals surface area contributed by atoms with Crippen LogP contribution in [0.5, 0.6) is 0 Å².